The number of amides is 6. The monoisotopic (exact) mass is 1640 g/mol. The molecule has 0 aliphatic heterocycles. The van der Waals surface area contributed by atoms with Crippen molar-refractivity contribution in [3.05, 3.63) is 79.2 Å². The summed E-state index contributed by atoms with van der Waals surface area (Å²) in [6.45, 7) is 13.3. The van der Waals surface area contributed by atoms with Crippen molar-refractivity contribution in [3.63, 3.8) is 0 Å². The molecule has 0 aliphatic carbocycles. The molecular weight excluding hydrogens is 1520 g/mol. The van der Waals surface area contributed by atoms with Gasteiger partial charge in [-0.2, -0.15) is 0 Å². The van der Waals surface area contributed by atoms with E-state index in [0.717, 1.165) is 24.5 Å². The van der Waals surface area contributed by atoms with Crippen molar-refractivity contribution in [2.45, 2.75) is 45.9 Å². The molecule has 0 saturated heterocycles. The molecule has 0 aliphatic rings. The maximum atomic E-state index is 13.0. The molecule has 0 N–H and O–H groups in total. The van der Waals surface area contributed by atoms with Crippen LogP contribution in [0.1, 0.15) is 47.3 Å². The molecule has 0 bridgehead atoms. The van der Waals surface area contributed by atoms with E-state index in [2.05, 4.69) is 14.8 Å². The topological polar surface area (TPSA) is 465 Å². The average molecular weight is 1640 g/mol. The van der Waals surface area contributed by atoms with Gasteiger partial charge in [0.1, 0.15) is 11.5 Å². The number of benzene rings is 2. The third kappa shape index (κ3) is 60.9. The summed E-state index contributed by atoms with van der Waals surface area (Å²) in [6, 6.07) is 9.95. The third-order valence-electron chi connectivity index (χ3n) is 14.5. The van der Waals surface area contributed by atoms with Crippen LogP contribution in [0.3, 0.4) is 0 Å². The fourth-order valence-electron chi connectivity index (χ4n) is 8.31. The van der Waals surface area contributed by atoms with Crippen LogP contribution in [-0.2, 0) is 109 Å². The first-order valence-corrected chi connectivity index (χ1v) is 36.7. The molecule has 0 radical (unpaired) electrons. The standard InChI is InChI=1S/C62H106N10O26.C7H4ClNO4.C2H6/c1-66(57(75)49-68(3)59(77)51-70(5)61(79)52-71(6)60(78)50-69(4)58(76)48-67(2)56(74)10-7-11-62(80)98-55-14-12-53(13-15-55)72(81)82)47-54(73)9-8-17-83-19-21-85-23-25-87-27-29-89-31-33-91-35-37-93-39-41-95-43-45-97-46-44-96-42-40-94-38-36-92-34-32-90-30-28-88-26-24-86-22-20-84-18-16-64-65-63;8-7(10)13-6-3-1-5(2-4-6)9(11)12;1-2/h12-15H,7-11,16-52H2,1-6H3;1-4H;1-2H3/i;;1D. The van der Waals surface area contributed by atoms with Gasteiger partial charge < -0.3 is 110 Å². The maximum absolute atomic E-state index is 13.0. The molecule has 6 amide bonds. The van der Waals surface area contributed by atoms with Crippen LogP contribution >= 0.6 is 11.6 Å². The highest BCUT2D eigenvalue weighted by molar-refractivity contribution is 6.61. The highest BCUT2D eigenvalue weighted by atomic mass is 35.5. The normalized spacial score (nSPS) is 10.8. The second kappa shape index (κ2) is 71.5. The van der Waals surface area contributed by atoms with Gasteiger partial charge in [-0.15, -0.1) is 0 Å². The van der Waals surface area contributed by atoms with Gasteiger partial charge in [-0.1, -0.05) is 18.9 Å². The number of nitrogens with zero attached hydrogens (tertiary/aromatic N) is 11. The van der Waals surface area contributed by atoms with Crippen molar-refractivity contribution in [1.29, 1.82) is 0 Å². The van der Waals surface area contributed by atoms with Crippen molar-refractivity contribution in [2.24, 2.45) is 5.11 Å². The minimum absolute atomic E-state index is 0.0747. The maximum Gasteiger partial charge on any atom is 0.409 e. The summed E-state index contributed by atoms with van der Waals surface area (Å²) in [4.78, 5) is 141. The lowest BCUT2D eigenvalue weighted by Crippen LogP contribution is -2.48. The first-order chi connectivity index (χ1) is 54.9. The first kappa shape index (κ1) is 103. The molecule has 0 spiro atoms. The Kier molecular flexibility index (Phi) is 64.9. The smallest absolute Gasteiger partial charge is 0.409 e. The first-order valence-electron chi connectivity index (χ1n) is 37.1. The summed E-state index contributed by atoms with van der Waals surface area (Å²) >= 11 is 4.92. The third-order valence-corrected chi connectivity index (χ3v) is 14.6. The molecule has 0 heterocycles. The highest BCUT2D eigenvalue weighted by Gasteiger charge is 2.25. The van der Waals surface area contributed by atoms with Crippen LogP contribution in [0, 0.1) is 20.2 Å². The minimum Gasteiger partial charge on any atom is -0.427 e. The molecule has 642 valence electrons. The number of nitro benzene ring substituents is 2. The Balaban J connectivity index is 0.00000709. The van der Waals surface area contributed by atoms with E-state index in [0.29, 0.717) is 218 Å². The fourth-order valence-corrected chi connectivity index (χ4v) is 8.40. The lowest BCUT2D eigenvalue weighted by atomic mass is 10.2. The van der Waals surface area contributed by atoms with Crippen LogP contribution in [0.25, 0.3) is 10.4 Å². The van der Waals surface area contributed by atoms with E-state index in [9.17, 15) is 63.4 Å². The van der Waals surface area contributed by atoms with E-state index >= 15 is 0 Å². The number of ether oxygens (including phenoxy) is 17. The lowest BCUT2D eigenvalue weighted by molar-refractivity contribution is -0.385. The summed E-state index contributed by atoms with van der Waals surface area (Å²) in [5, 5.41) is 24.4. The second-order valence-electron chi connectivity index (χ2n) is 23.5. The Morgan fingerprint density at radius 3 is 0.867 bits per heavy atom. The lowest BCUT2D eigenvalue weighted by Gasteiger charge is -2.26. The zero-order chi connectivity index (χ0) is 84.6. The van der Waals surface area contributed by atoms with Gasteiger partial charge in [-0.05, 0) is 42.6 Å². The van der Waals surface area contributed by atoms with Crippen LogP contribution in [0.4, 0.5) is 16.2 Å². The zero-order valence-electron chi connectivity index (χ0n) is 67.1. The number of azide groups is 1. The number of ketones is 1. The van der Waals surface area contributed by atoms with Crippen molar-refractivity contribution in [3.8, 4) is 11.5 Å². The van der Waals surface area contributed by atoms with E-state index in [1.54, 1.807) is 6.92 Å². The molecule has 0 atom stereocenters. The molecule has 0 fully saturated rings. The number of likely N-dealkylation sites (N-methyl/N-ethyl adjacent to an activating group) is 6. The number of esters is 1. The predicted molar refractivity (Wildman–Crippen MR) is 405 cm³/mol. The fraction of sp³-hybridized carbons (Fsp3) is 0.704. The highest BCUT2D eigenvalue weighted by Crippen LogP contribution is 2.19. The van der Waals surface area contributed by atoms with Crippen LogP contribution in [-0.4, -0.2) is 378 Å². The number of carbonyl (C=O) groups excluding carboxylic acids is 9. The molecule has 113 heavy (non-hydrogen) atoms. The molecular formula is C71H116ClN11O30. The molecule has 0 aromatic heterocycles. The summed E-state index contributed by atoms with van der Waals surface area (Å²) < 4.78 is 97.9. The number of halogens is 1. The summed E-state index contributed by atoms with van der Waals surface area (Å²) in [5.41, 5.74) is 6.96. The zero-order valence-corrected chi connectivity index (χ0v) is 66.8. The summed E-state index contributed by atoms with van der Waals surface area (Å²) in [5.74, 6) is -3.82. The quantitative estimate of drug-likeness (QED) is 0.0105. The minimum atomic E-state index is -0.978. The van der Waals surface area contributed by atoms with Gasteiger partial charge in [0.2, 0.25) is 35.4 Å². The van der Waals surface area contributed by atoms with Gasteiger partial charge in [0.05, 0.1) is 241 Å². The second-order valence-corrected chi connectivity index (χ2v) is 23.8. The number of carbonyl (C=O) groups is 9. The molecule has 0 saturated carbocycles. The van der Waals surface area contributed by atoms with Gasteiger partial charge in [-0.25, -0.2) is 4.79 Å². The largest absolute Gasteiger partial charge is 0.427 e. The number of rotatable bonds is 69. The van der Waals surface area contributed by atoms with Crippen molar-refractivity contribution < 1.29 is 135 Å². The van der Waals surface area contributed by atoms with E-state index < -0.39 is 76.3 Å². The van der Waals surface area contributed by atoms with E-state index in [1.807, 2.05) is 0 Å². The Bertz CT molecular complexity index is 3010. The Labute approximate surface area is 665 Å². The van der Waals surface area contributed by atoms with E-state index in [4.69, 9.17) is 94.3 Å². The van der Waals surface area contributed by atoms with Gasteiger partial charge in [0.15, 0.2) is 5.78 Å². The van der Waals surface area contributed by atoms with Crippen molar-refractivity contribution >= 4 is 75.6 Å². The van der Waals surface area contributed by atoms with E-state index in [1.165, 1.54) is 95.7 Å². The molecule has 41 nitrogen and oxygen atoms in total. The number of hydrogen-bond acceptors (Lipinski definition) is 31. The number of non-ortho nitro benzene ring substituents is 2. The van der Waals surface area contributed by atoms with Crippen LogP contribution in [0.5, 0.6) is 11.5 Å². The molecule has 2 rings (SSSR count). The summed E-state index contributed by atoms with van der Waals surface area (Å²) in [7, 11) is 8.28. The van der Waals surface area contributed by atoms with Gasteiger partial charge in [0.25, 0.3) is 11.4 Å². The molecule has 2 aromatic carbocycles. The number of nitro groups is 2. The molecule has 0 unspecified atom stereocenters. The van der Waals surface area contributed by atoms with Gasteiger partial charge in [0, 0.05) is 117 Å². The van der Waals surface area contributed by atoms with Gasteiger partial charge in [-0.3, -0.25) is 58.6 Å². The molecule has 42 heteroatoms. The van der Waals surface area contributed by atoms with Crippen LogP contribution in [0.15, 0.2) is 53.6 Å². The Hall–Kier alpha value is -8.33. The Morgan fingerprint density at radius 1 is 0.372 bits per heavy atom. The number of hydrogen-bond donors (Lipinski definition) is 0. The van der Waals surface area contributed by atoms with E-state index in [-0.39, 0.29) is 74.0 Å². The molecule has 2 aromatic rings. The number of Topliss-reactive ketones (excluding diaryl/α,β-unsaturated/α-hetero) is 1. The van der Waals surface area contributed by atoms with Crippen LogP contribution in [0.2, 0.25) is 0 Å². The summed E-state index contributed by atoms with van der Waals surface area (Å²) in [6.07, 6.45) is 0.506. The van der Waals surface area contributed by atoms with Gasteiger partial charge >= 0.3 is 11.4 Å². The van der Waals surface area contributed by atoms with Crippen LogP contribution < -0.4 is 9.47 Å². The van der Waals surface area contributed by atoms with Crippen molar-refractivity contribution in [2.75, 3.05) is 286 Å². The Morgan fingerprint density at radius 2 is 0.611 bits per heavy atom. The predicted octanol–water partition coefficient (Wildman–Crippen LogP) is 3.69. The SMILES string of the molecule is CN(CC(=O)CCCOCCOCCOCCOCCOCCOCCOCCOCCOCCOCCOCCOCCOCCOCCOCCN=[N+]=[N-])C(=O)CN(C)C(=O)CN(C)C(=O)CN(C)C(=O)CN(C)C(=O)CN(C)C(=O)CCCC(=O)Oc1ccc([N+](=O)[O-])cc1.O=C(Cl)Oc1ccc([N+](=O)[O-])cc1.[2H]CC. The average Bonchev–Trinajstić information content (AvgIpc) is 0.890. The van der Waals surface area contributed by atoms with Crippen molar-refractivity contribution in [1.82, 2.24) is 29.4 Å².